The second-order valence-corrected chi connectivity index (χ2v) is 6.32. The van der Waals surface area contributed by atoms with Gasteiger partial charge >= 0.3 is 0 Å². The van der Waals surface area contributed by atoms with E-state index in [0.717, 1.165) is 44.4 Å². The molecule has 0 aliphatic heterocycles. The lowest BCUT2D eigenvalue weighted by Gasteiger charge is -2.06. The van der Waals surface area contributed by atoms with Crippen molar-refractivity contribution in [1.29, 1.82) is 0 Å². The highest BCUT2D eigenvalue weighted by Crippen LogP contribution is 2.30. The molecule has 4 rings (SSSR count). The summed E-state index contributed by atoms with van der Waals surface area (Å²) in [6.07, 6.45) is 1.94. The maximum atomic E-state index is 12.6. The Hall–Kier alpha value is -3.08. The number of nitrogens with zero attached hydrogens (tertiary/aromatic N) is 2. The van der Waals surface area contributed by atoms with E-state index in [1.165, 1.54) is 0 Å². The monoisotopic (exact) mass is 333 g/mol. The van der Waals surface area contributed by atoms with E-state index in [-0.39, 0.29) is 12.3 Å². The lowest BCUT2D eigenvalue weighted by atomic mass is 10.0. The number of rotatable bonds is 3. The van der Waals surface area contributed by atoms with Crippen molar-refractivity contribution in [2.24, 2.45) is 7.05 Å². The summed E-state index contributed by atoms with van der Waals surface area (Å²) < 4.78 is 7.43. The number of benzene rings is 2. The molecule has 0 radical (unpaired) electrons. The molecule has 25 heavy (non-hydrogen) atoms. The third-order valence-corrected chi connectivity index (χ3v) is 4.66. The zero-order chi connectivity index (χ0) is 17.6. The van der Waals surface area contributed by atoms with Crippen molar-refractivity contribution in [3.05, 3.63) is 59.6 Å². The van der Waals surface area contributed by atoms with Crippen LogP contribution in [0.3, 0.4) is 0 Å². The summed E-state index contributed by atoms with van der Waals surface area (Å²) in [5.41, 5.74) is 4.23. The molecule has 2 aromatic heterocycles. The molecule has 2 heterocycles. The van der Waals surface area contributed by atoms with Gasteiger partial charge in [0.2, 0.25) is 5.91 Å². The lowest BCUT2D eigenvalue weighted by Crippen LogP contribution is -2.15. The molecule has 0 atom stereocenters. The first-order valence-electron chi connectivity index (χ1n) is 8.22. The Morgan fingerprint density at radius 1 is 1.20 bits per heavy atom. The molecule has 4 aromatic rings. The van der Waals surface area contributed by atoms with Crippen LogP contribution in [-0.2, 0) is 18.3 Å². The molecule has 2 aromatic carbocycles. The number of furan rings is 1. The summed E-state index contributed by atoms with van der Waals surface area (Å²) in [7, 11) is 1.87. The van der Waals surface area contributed by atoms with Gasteiger partial charge < -0.3 is 9.73 Å². The number of anilines is 1. The average molecular weight is 333 g/mol. The molecule has 0 bridgehead atoms. The van der Waals surface area contributed by atoms with E-state index in [4.69, 9.17) is 4.42 Å². The molecular formula is C20H19N3O2. The molecule has 0 saturated heterocycles. The Bertz CT molecular complexity index is 1100. The van der Waals surface area contributed by atoms with Crippen LogP contribution in [0.2, 0.25) is 0 Å². The van der Waals surface area contributed by atoms with Crippen molar-refractivity contribution < 1.29 is 9.21 Å². The number of carbonyl (C=O) groups is 1. The fraction of sp³-hybridized carbons (Fsp3) is 0.200. The first kappa shape index (κ1) is 15.4. The van der Waals surface area contributed by atoms with E-state index in [1.54, 1.807) is 10.9 Å². The van der Waals surface area contributed by atoms with Gasteiger partial charge in [0.1, 0.15) is 5.58 Å². The molecule has 126 valence electrons. The minimum Gasteiger partial charge on any atom is -0.464 e. The van der Waals surface area contributed by atoms with Gasteiger partial charge in [-0.2, -0.15) is 5.10 Å². The van der Waals surface area contributed by atoms with Crippen LogP contribution in [0.5, 0.6) is 0 Å². The standard InChI is InChI=1S/C20H19N3O2/c1-12-20(13(2)23(3)22-12)21-18(24)10-15-11-25-17-9-8-14-6-4-5-7-16(14)19(15)17/h4-9,11H,10H2,1-3H3,(H,21,24). The minimum atomic E-state index is -0.0742. The van der Waals surface area contributed by atoms with Crippen LogP contribution in [-0.4, -0.2) is 15.7 Å². The molecule has 0 spiro atoms. The molecule has 0 fully saturated rings. The largest absolute Gasteiger partial charge is 0.464 e. The number of fused-ring (bicyclic) bond motifs is 3. The Labute approximate surface area is 145 Å². The van der Waals surface area contributed by atoms with Gasteiger partial charge in [0, 0.05) is 18.0 Å². The van der Waals surface area contributed by atoms with E-state index in [1.807, 2.05) is 45.2 Å². The van der Waals surface area contributed by atoms with Gasteiger partial charge in [0.15, 0.2) is 0 Å². The average Bonchev–Trinajstić information content (AvgIpc) is 3.11. The van der Waals surface area contributed by atoms with E-state index in [2.05, 4.69) is 22.5 Å². The van der Waals surface area contributed by atoms with Crippen LogP contribution in [0, 0.1) is 13.8 Å². The van der Waals surface area contributed by atoms with Crippen LogP contribution in [0.1, 0.15) is 17.0 Å². The highest BCUT2D eigenvalue weighted by Gasteiger charge is 2.16. The molecule has 0 aliphatic rings. The fourth-order valence-corrected chi connectivity index (χ4v) is 3.32. The van der Waals surface area contributed by atoms with Crippen molar-refractivity contribution in [2.75, 3.05) is 5.32 Å². The quantitative estimate of drug-likeness (QED) is 0.613. The van der Waals surface area contributed by atoms with Crippen LogP contribution < -0.4 is 5.32 Å². The summed E-state index contributed by atoms with van der Waals surface area (Å²) >= 11 is 0. The first-order valence-corrected chi connectivity index (χ1v) is 8.22. The number of hydrogen-bond acceptors (Lipinski definition) is 3. The smallest absolute Gasteiger partial charge is 0.229 e. The zero-order valence-corrected chi connectivity index (χ0v) is 14.5. The molecule has 1 N–H and O–H groups in total. The third-order valence-electron chi connectivity index (χ3n) is 4.66. The fourth-order valence-electron chi connectivity index (χ4n) is 3.32. The molecular weight excluding hydrogens is 314 g/mol. The van der Waals surface area contributed by atoms with Gasteiger partial charge in [-0.05, 0) is 30.7 Å². The summed E-state index contributed by atoms with van der Waals surface area (Å²) in [6.45, 7) is 3.83. The molecule has 0 unspecified atom stereocenters. The zero-order valence-electron chi connectivity index (χ0n) is 14.5. The molecule has 1 amide bonds. The van der Waals surface area contributed by atoms with Gasteiger partial charge in [-0.1, -0.05) is 30.3 Å². The molecule has 5 heteroatoms. The Morgan fingerprint density at radius 2 is 2.00 bits per heavy atom. The summed E-state index contributed by atoms with van der Waals surface area (Å²) in [6, 6.07) is 12.1. The van der Waals surface area contributed by atoms with Gasteiger partial charge in [-0.25, -0.2) is 0 Å². The van der Waals surface area contributed by atoms with Crippen molar-refractivity contribution in [1.82, 2.24) is 9.78 Å². The highest BCUT2D eigenvalue weighted by molar-refractivity contribution is 6.09. The summed E-state index contributed by atoms with van der Waals surface area (Å²) in [5.74, 6) is -0.0742. The Morgan fingerprint density at radius 3 is 2.76 bits per heavy atom. The second kappa shape index (κ2) is 5.77. The van der Waals surface area contributed by atoms with Crippen molar-refractivity contribution in [2.45, 2.75) is 20.3 Å². The number of hydrogen-bond donors (Lipinski definition) is 1. The molecule has 5 nitrogen and oxygen atoms in total. The maximum Gasteiger partial charge on any atom is 0.229 e. The van der Waals surface area contributed by atoms with Crippen LogP contribution >= 0.6 is 0 Å². The van der Waals surface area contributed by atoms with E-state index in [9.17, 15) is 4.79 Å². The van der Waals surface area contributed by atoms with Gasteiger partial charge in [0.05, 0.1) is 29.8 Å². The minimum absolute atomic E-state index is 0.0742. The van der Waals surface area contributed by atoms with Gasteiger partial charge in [-0.15, -0.1) is 0 Å². The van der Waals surface area contributed by atoms with Crippen molar-refractivity contribution in [3.8, 4) is 0 Å². The number of amides is 1. The maximum absolute atomic E-state index is 12.6. The summed E-state index contributed by atoms with van der Waals surface area (Å²) in [5, 5.41) is 10.6. The Kier molecular flexibility index (Phi) is 3.57. The third kappa shape index (κ3) is 2.58. The van der Waals surface area contributed by atoms with E-state index in [0.29, 0.717) is 0 Å². The van der Waals surface area contributed by atoms with Gasteiger partial charge in [-0.3, -0.25) is 9.48 Å². The SMILES string of the molecule is Cc1nn(C)c(C)c1NC(=O)Cc1coc2ccc3ccccc3c12. The van der Waals surface area contributed by atoms with E-state index < -0.39 is 0 Å². The van der Waals surface area contributed by atoms with Crippen molar-refractivity contribution in [3.63, 3.8) is 0 Å². The number of nitrogens with one attached hydrogen (secondary N) is 1. The Balaban J connectivity index is 1.69. The van der Waals surface area contributed by atoms with E-state index >= 15 is 0 Å². The number of aryl methyl sites for hydroxylation is 2. The number of aromatic nitrogens is 2. The van der Waals surface area contributed by atoms with Crippen LogP contribution in [0.4, 0.5) is 5.69 Å². The lowest BCUT2D eigenvalue weighted by molar-refractivity contribution is -0.115. The van der Waals surface area contributed by atoms with Crippen LogP contribution in [0.25, 0.3) is 21.7 Å². The highest BCUT2D eigenvalue weighted by atomic mass is 16.3. The summed E-state index contributed by atoms with van der Waals surface area (Å²) in [4.78, 5) is 12.6. The predicted octanol–water partition coefficient (Wildman–Crippen LogP) is 4.12. The van der Waals surface area contributed by atoms with Crippen molar-refractivity contribution >= 4 is 33.3 Å². The van der Waals surface area contributed by atoms with Gasteiger partial charge in [0.25, 0.3) is 0 Å². The molecule has 0 aliphatic carbocycles. The predicted molar refractivity (Wildman–Crippen MR) is 98.7 cm³/mol. The number of carbonyl (C=O) groups excluding carboxylic acids is 1. The topological polar surface area (TPSA) is 60.1 Å². The first-order chi connectivity index (χ1) is 12.0. The normalized spacial score (nSPS) is 11.3. The second-order valence-electron chi connectivity index (χ2n) is 6.32. The van der Waals surface area contributed by atoms with Crippen LogP contribution in [0.15, 0.2) is 47.1 Å². The molecule has 0 saturated carbocycles.